The van der Waals surface area contributed by atoms with Gasteiger partial charge in [0.2, 0.25) is 5.91 Å². The summed E-state index contributed by atoms with van der Waals surface area (Å²) in [6.45, 7) is 10.9. The first-order valence-corrected chi connectivity index (χ1v) is 13.2. The van der Waals surface area contributed by atoms with Crippen molar-refractivity contribution in [3.63, 3.8) is 0 Å². The maximum atomic E-state index is 13.5. The van der Waals surface area contributed by atoms with Gasteiger partial charge in [-0.3, -0.25) is 14.4 Å². The van der Waals surface area contributed by atoms with Crippen LogP contribution in [0.2, 0.25) is 0 Å². The van der Waals surface area contributed by atoms with Crippen molar-refractivity contribution in [2.24, 2.45) is 0 Å². The van der Waals surface area contributed by atoms with E-state index in [9.17, 15) is 24.6 Å². The fourth-order valence-electron chi connectivity index (χ4n) is 3.63. The Morgan fingerprint density at radius 2 is 1.81 bits per heavy atom. The van der Waals surface area contributed by atoms with Crippen molar-refractivity contribution in [1.29, 1.82) is 0 Å². The molecule has 2 atom stereocenters. The van der Waals surface area contributed by atoms with Crippen molar-refractivity contribution in [2.75, 3.05) is 19.0 Å². The highest BCUT2D eigenvalue weighted by molar-refractivity contribution is 7.99. The number of aromatic hydroxyl groups is 1. The number of rotatable bonds is 13. The minimum Gasteiger partial charge on any atom is -0.508 e. The standard InChI is InChI=1S/C28H37N3O5S/c1-6-12-29-25(33)16-31(17-37-18(2)3)28(36)26(34)23(15-21-10-8-7-9-11-21)30-27(35)22-13-19(4)14-24(32)20(22)5/h6-11,13-14,18,23,26,32,34H,1,12,15-17H2,2-5H3,(H,29,33)(H,30,35). The molecule has 0 bridgehead atoms. The quantitative estimate of drug-likeness (QED) is 0.235. The molecule has 2 unspecified atom stereocenters. The Balaban J connectivity index is 2.33. The number of hydrogen-bond acceptors (Lipinski definition) is 6. The van der Waals surface area contributed by atoms with Crippen LogP contribution in [-0.2, 0) is 16.0 Å². The van der Waals surface area contributed by atoms with Gasteiger partial charge < -0.3 is 25.7 Å². The van der Waals surface area contributed by atoms with Crippen LogP contribution in [0.5, 0.6) is 5.75 Å². The van der Waals surface area contributed by atoms with Crippen LogP contribution in [0.3, 0.4) is 0 Å². The number of carbonyl (C=O) groups excluding carboxylic acids is 3. The molecular weight excluding hydrogens is 490 g/mol. The number of thioether (sulfide) groups is 1. The number of benzene rings is 2. The summed E-state index contributed by atoms with van der Waals surface area (Å²) in [5.74, 6) is -1.36. The summed E-state index contributed by atoms with van der Waals surface area (Å²) >= 11 is 1.46. The number of phenolic OH excluding ortho intramolecular Hbond substituents is 1. The van der Waals surface area contributed by atoms with Gasteiger partial charge in [0, 0.05) is 22.9 Å². The first-order valence-electron chi connectivity index (χ1n) is 12.1. The monoisotopic (exact) mass is 527 g/mol. The second-order valence-corrected chi connectivity index (χ2v) is 10.7. The number of phenols is 1. The summed E-state index contributed by atoms with van der Waals surface area (Å²) in [6, 6.07) is 11.4. The highest BCUT2D eigenvalue weighted by atomic mass is 32.2. The molecule has 0 aliphatic heterocycles. The molecule has 0 spiro atoms. The van der Waals surface area contributed by atoms with Gasteiger partial charge in [-0.05, 0) is 43.5 Å². The number of hydrogen-bond donors (Lipinski definition) is 4. The van der Waals surface area contributed by atoms with Gasteiger partial charge in [-0.1, -0.05) is 50.3 Å². The average molecular weight is 528 g/mol. The Morgan fingerprint density at radius 3 is 2.43 bits per heavy atom. The molecule has 0 saturated heterocycles. The molecule has 0 saturated carbocycles. The van der Waals surface area contributed by atoms with Crippen LogP contribution in [0.25, 0.3) is 0 Å². The Kier molecular flexibility index (Phi) is 11.7. The molecule has 37 heavy (non-hydrogen) atoms. The summed E-state index contributed by atoms with van der Waals surface area (Å²) in [5, 5.41) is 27.0. The molecule has 0 aliphatic carbocycles. The fraction of sp³-hybridized carbons (Fsp3) is 0.393. The summed E-state index contributed by atoms with van der Waals surface area (Å²) in [6.07, 6.45) is 0.116. The van der Waals surface area contributed by atoms with E-state index in [-0.39, 0.29) is 47.9 Å². The lowest BCUT2D eigenvalue weighted by molar-refractivity contribution is -0.143. The average Bonchev–Trinajstić information content (AvgIpc) is 2.86. The van der Waals surface area contributed by atoms with Crippen molar-refractivity contribution < 1.29 is 24.6 Å². The van der Waals surface area contributed by atoms with Crippen molar-refractivity contribution in [1.82, 2.24) is 15.5 Å². The molecule has 0 fully saturated rings. The van der Waals surface area contributed by atoms with Crippen molar-refractivity contribution in [3.8, 4) is 5.75 Å². The van der Waals surface area contributed by atoms with E-state index in [4.69, 9.17) is 0 Å². The van der Waals surface area contributed by atoms with Gasteiger partial charge in [-0.15, -0.1) is 18.3 Å². The van der Waals surface area contributed by atoms with E-state index in [0.717, 1.165) is 5.56 Å². The fourth-order valence-corrected chi connectivity index (χ4v) is 4.33. The van der Waals surface area contributed by atoms with Gasteiger partial charge in [-0.2, -0.15) is 0 Å². The lowest BCUT2D eigenvalue weighted by atomic mass is 9.98. The molecule has 0 radical (unpaired) electrons. The minimum atomic E-state index is -1.61. The van der Waals surface area contributed by atoms with E-state index in [1.807, 2.05) is 44.2 Å². The number of aryl methyl sites for hydroxylation is 1. The predicted molar refractivity (Wildman–Crippen MR) is 148 cm³/mol. The van der Waals surface area contributed by atoms with Gasteiger partial charge in [0.15, 0.2) is 6.10 Å². The van der Waals surface area contributed by atoms with Gasteiger partial charge >= 0.3 is 0 Å². The highest BCUT2D eigenvalue weighted by Crippen LogP contribution is 2.23. The number of nitrogens with one attached hydrogen (secondary N) is 2. The molecule has 2 rings (SSSR count). The van der Waals surface area contributed by atoms with Crippen molar-refractivity contribution in [2.45, 2.75) is 51.5 Å². The minimum absolute atomic E-state index is 0.0104. The molecule has 2 aromatic carbocycles. The van der Waals surface area contributed by atoms with E-state index in [0.29, 0.717) is 11.1 Å². The smallest absolute Gasteiger partial charge is 0.254 e. The Hall–Kier alpha value is -3.30. The van der Waals surface area contributed by atoms with Crippen molar-refractivity contribution >= 4 is 29.5 Å². The Labute approximate surface area is 223 Å². The van der Waals surface area contributed by atoms with Crippen LogP contribution in [0, 0.1) is 13.8 Å². The van der Waals surface area contributed by atoms with Gasteiger partial charge in [0.05, 0.1) is 11.9 Å². The summed E-state index contributed by atoms with van der Waals surface area (Å²) in [4.78, 5) is 40.4. The summed E-state index contributed by atoms with van der Waals surface area (Å²) in [5.41, 5.74) is 2.17. The number of nitrogens with zero attached hydrogens (tertiary/aromatic N) is 1. The number of carbonyl (C=O) groups is 3. The largest absolute Gasteiger partial charge is 0.508 e. The highest BCUT2D eigenvalue weighted by Gasteiger charge is 2.33. The van der Waals surface area contributed by atoms with Crippen LogP contribution in [0.4, 0.5) is 0 Å². The number of aliphatic hydroxyl groups is 1. The third-order valence-corrected chi connectivity index (χ3v) is 6.80. The molecule has 3 amide bonds. The predicted octanol–water partition coefficient (Wildman–Crippen LogP) is 2.94. The molecule has 2 aromatic rings. The van der Waals surface area contributed by atoms with Crippen LogP contribution in [-0.4, -0.2) is 69.2 Å². The Morgan fingerprint density at radius 1 is 1.14 bits per heavy atom. The van der Waals surface area contributed by atoms with Crippen LogP contribution >= 0.6 is 11.8 Å². The molecule has 0 aliphatic rings. The van der Waals surface area contributed by atoms with E-state index in [2.05, 4.69) is 17.2 Å². The second kappa shape index (κ2) is 14.4. The maximum absolute atomic E-state index is 13.5. The molecule has 4 N–H and O–H groups in total. The van der Waals surface area contributed by atoms with E-state index >= 15 is 0 Å². The first kappa shape index (κ1) is 29.9. The van der Waals surface area contributed by atoms with Gasteiger partial charge in [0.25, 0.3) is 11.8 Å². The molecule has 8 nitrogen and oxygen atoms in total. The lowest BCUT2D eigenvalue weighted by Crippen LogP contribution is -2.54. The first-order chi connectivity index (χ1) is 17.5. The van der Waals surface area contributed by atoms with Crippen LogP contribution in [0.15, 0.2) is 55.1 Å². The SMILES string of the molecule is C=CCNC(=O)CN(CSC(C)C)C(=O)C(O)C(Cc1ccccc1)NC(=O)c1cc(C)cc(O)c1C. The molecule has 0 heterocycles. The topological polar surface area (TPSA) is 119 Å². The van der Waals surface area contributed by atoms with Gasteiger partial charge in [0.1, 0.15) is 12.3 Å². The second-order valence-electron chi connectivity index (χ2n) is 9.14. The maximum Gasteiger partial charge on any atom is 0.254 e. The van der Waals surface area contributed by atoms with Crippen LogP contribution in [0.1, 0.15) is 40.9 Å². The summed E-state index contributed by atoms with van der Waals surface area (Å²) < 4.78 is 0. The van der Waals surface area contributed by atoms with E-state index in [1.165, 1.54) is 22.7 Å². The molecule has 0 aromatic heterocycles. The molecule has 9 heteroatoms. The summed E-state index contributed by atoms with van der Waals surface area (Å²) in [7, 11) is 0. The Bertz CT molecular complexity index is 1090. The number of aliphatic hydroxyl groups excluding tert-OH is 1. The lowest BCUT2D eigenvalue weighted by Gasteiger charge is -2.30. The zero-order chi connectivity index (χ0) is 27.5. The normalized spacial score (nSPS) is 12.5. The third-order valence-electron chi connectivity index (χ3n) is 5.67. The third kappa shape index (κ3) is 9.26. The van der Waals surface area contributed by atoms with Gasteiger partial charge in [-0.25, -0.2) is 0 Å². The number of amides is 3. The zero-order valence-corrected chi connectivity index (χ0v) is 22.7. The molecular formula is C28H37N3O5S. The van der Waals surface area contributed by atoms with Crippen molar-refractivity contribution in [3.05, 3.63) is 77.4 Å². The van der Waals surface area contributed by atoms with Crippen LogP contribution < -0.4 is 10.6 Å². The van der Waals surface area contributed by atoms with E-state index < -0.39 is 24.0 Å². The van der Waals surface area contributed by atoms with E-state index in [1.54, 1.807) is 26.0 Å². The molecule has 200 valence electrons. The zero-order valence-electron chi connectivity index (χ0n) is 21.9.